The number of ether oxygens (including phenoxy) is 2. The van der Waals surface area contributed by atoms with Gasteiger partial charge < -0.3 is 24.1 Å². The maximum Gasteiger partial charge on any atom is 0.311 e. The molecule has 0 fully saturated rings. The predicted octanol–water partition coefficient (Wildman–Crippen LogP) is 3.00. The Balaban J connectivity index is 1.75. The minimum Gasteiger partial charge on any atom is -0.481 e. The van der Waals surface area contributed by atoms with Gasteiger partial charge in [-0.1, -0.05) is 12.1 Å². The first kappa shape index (κ1) is 23.2. The summed E-state index contributed by atoms with van der Waals surface area (Å²) in [5.74, 6) is -3.31. The summed E-state index contributed by atoms with van der Waals surface area (Å²) in [6.07, 6.45) is 0.00137. The maximum absolute atomic E-state index is 12.9. The van der Waals surface area contributed by atoms with E-state index in [1.54, 1.807) is 12.1 Å². The van der Waals surface area contributed by atoms with Crippen LogP contribution < -0.4 is 14.9 Å². The molecule has 0 saturated heterocycles. The van der Waals surface area contributed by atoms with Gasteiger partial charge in [-0.15, -0.1) is 0 Å². The zero-order valence-corrected chi connectivity index (χ0v) is 17.1. The number of carboxylic acid groups (broad SMARTS) is 2. The molecule has 0 aliphatic heterocycles. The van der Waals surface area contributed by atoms with E-state index >= 15 is 0 Å². The van der Waals surface area contributed by atoms with Gasteiger partial charge in [0.05, 0.1) is 36.6 Å². The second-order valence-electron chi connectivity index (χ2n) is 6.90. The van der Waals surface area contributed by atoms with Crippen LogP contribution in [0, 0.1) is 0 Å². The normalized spacial score (nSPS) is 10.5. The maximum atomic E-state index is 12.9. The zero-order valence-electron chi connectivity index (χ0n) is 17.1. The van der Waals surface area contributed by atoms with Crippen LogP contribution in [0.1, 0.15) is 25.7 Å². The van der Waals surface area contributed by atoms with Gasteiger partial charge in [0.2, 0.25) is 0 Å². The van der Waals surface area contributed by atoms with Gasteiger partial charge in [-0.25, -0.2) is 0 Å². The average molecular weight is 454 g/mol. The van der Waals surface area contributed by atoms with Crippen molar-refractivity contribution in [2.75, 3.05) is 0 Å². The summed E-state index contributed by atoms with van der Waals surface area (Å²) in [5, 5.41) is 17.5. The number of carbonyl (C=O) groups excluding carboxylic acids is 2. The zero-order chi connectivity index (χ0) is 24.0. The molecule has 3 rings (SSSR count). The molecule has 0 aliphatic carbocycles. The van der Waals surface area contributed by atoms with E-state index in [-0.39, 0.29) is 59.1 Å². The van der Waals surface area contributed by atoms with Gasteiger partial charge in [0.1, 0.15) is 23.3 Å². The molecule has 0 atom stereocenters. The standard InChI is InChI=1S/C23H18O10/c24-19(25)7-9-21(28)32-14-3-1-13(2-4-14)17-12-31-18-11-15(5-6-16(18)23(17)30)33-22(29)10-8-20(26)27/h1-6,11-12H,7-10H2,(H,24,25)(H,26,27). The van der Waals surface area contributed by atoms with Crippen LogP contribution in [0.25, 0.3) is 22.1 Å². The lowest BCUT2D eigenvalue weighted by Gasteiger charge is -2.07. The van der Waals surface area contributed by atoms with Gasteiger partial charge in [0.15, 0.2) is 5.43 Å². The number of benzene rings is 2. The molecular weight excluding hydrogens is 436 g/mol. The third-order valence-electron chi connectivity index (χ3n) is 4.46. The van der Waals surface area contributed by atoms with Crippen molar-refractivity contribution in [2.45, 2.75) is 25.7 Å². The van der Waals surface area contributed by atoms with E-state index in [4.69, 9.17) is 24.1 Å². The van der Waals surface area contributed by atoms with Crippen LogP contribution >= 0.6 is 0 Å². The van der Waals surface area contributed by atoms with Crippen LogP contribution in [-0.4, -0.2) is 34.1 Å². The van der Waals surface area contributed by atoms with E-state index in [1.165, 1.54) is 36.6 Å². The highest BCUT2D eigenvalue weighted by Gasteiger charge is 2.13. The smallest absolute Gasteiger partial charge is 0.311 e. The number of hydrogen-bond donors (Lipinski definition) is 2. The Morgan fingerprint density at radius 3 is 1.88 bits per heavy atom. The largest absolute Gasteiger partial charge is 0.481 e. The molecule has 2 aromatic carbocycles. The topological polar surface area (TPSA) is 157 Å². The Morgan fingerprint density at radius 1 is 0.758 bits per heavy atom. The molecule has 3 aromatic rings. The van der Waals surface area contributed by atoms with Crippen molar-refractivity contribution in [1.29, 1.82) is 0 Å². The van der Waals surface area contributed by atoms with Crippen molar-refractivity contribution in [1.82, 2.24) is 0 Å². The quantitative estimate of drug-likeness (QED) is 0.364. The van der Waals surface area contributed by atoms with Gasteiger partial charge in [-0.2, -0.15) is 0 Å². The molecule has 10 nitrogen and oxygen atoms in total. The Labute approximate surface area is 186 Å². The van der Waals surface area contributed by atoms with E-state index in [2.05, 4.69) is 0 Å². The van der Waals surface area contributed by atoms with E-state index in [0.29, 0.717) is 5.56 Å². The third kappa shape index (κ3) is 6.26. The average Bonchev–Trinajstić information content (AvgIpc) is 2.77. The fourth-order valence-electron chi connectivity index (χ4n) is 2.86. The number of esters is 2. The molecule has 0 amide bonds. The summed E-state index contributed by atoms with van der Waals surface area (Å²) in [6, 6.07) is 10.2. The second kappa shape index (κ2) is 10.2. The molecule has 170 valence electrons. The molecule has 0 unspecified atom stereocenters. The Kier molecular flexibility index (Phi) is 7.19. The lowest BCUT2D eigenvalue weighted by atomic mass is 10.1. The van der Waals surface area contributed by atoms with Crippen LogP contribution in [0.5, 0.6) is 11.5 Å². The molecule has 1 aromatic heterocycles. The van der Waals surface area contributed by atoms with Crippen LogP contribution in [-0.2, 0) is 19.2 Å². The fourth-order valence-corrected chi connectivity index (χ4v) is 2.86. The third-order valence-corrected chi connectivity index (χ3v) is 4.46. The molecular formula is C23H18O10. The predicted molar refractivity (Wildman–Crippen MR) is 113 cm³/mol. The first-order chi connectivity index (χ1) is 15.7. The first-order valence-electron chi connectivity index (χ1n) is 9.74. The van der Waals surface area contributed by atoms with E-state index < -0.39 is 23.9 Å². The number of rotatable bonds is 9. The Hall–Kier alpha value is -4.47. The van der Waals surface area contributed by atoms with Crippen LogP contribution in [0.4, 0.5) is 0 Å². The van der Waals surface area contributed by atoms with E-state index in [0.717, 1.165) is 0 Å². The minimum atomic E-state index is -1.12. The summed E-state index contributed by atoms with van der Waals surface area (Å²) >= 11 is 0. The molecule has 0 spiro atoms. The fraction of sp³-hybridized carbons (Fsp3) is 0.174. The van der Waals surface area contributed by atoms with Crippen LogP contribution in [0.2, 0.25) is 0 Å². The van der Waals surface area contributed by atoms with Crippen molar-refractivity contribution in [3.63, 3.8) is 0 Å². The molecule has 0 bridgehead atoms. The lowest BCUT2D eigenvalue weighted by molar-refractivity contribution is -0.142. The second-order valence-corrected chi connectivity index (χ2v) is 6.90. The highest BCUT2D eigenvalue weighted by atomic mass is 16.5. The lowest BCUT2D eigenvalue weighted by Crippen LogP contribution is -2.11. The van der Waals surface area contributed by atoms with Crippen molar-refractivity contribution >= 4 is 34.8 Å². The van der Waals surface area contributed by atoms with E-state index in [9.17, 15) is 24.0 Å². The number of hydrogen-bond acceptors (Lipinski definition) is 8. The molecule has 0 saturated carbocycles. The van der Waals surface area contributed by atoms with Crippen molar-refractivity contribution in [3.05, 3.63) is 59.0 Å². The number of fused-ring (bicyclic) bond motifs is 1. The summed E-state index contributed by atoms with van der Waals surface area (Å²) in [5.41, 5.74) is 0.583. The summed E-state index contributed by atoms with van der Waals surface area (Å²) in [4.78, 5) is 57.2. The SMILES string of the molecule is O=C(O)CCC(=O)Oc1ccc(-c2coc3cc(OC(=O)CCC(=O)O)ccc3c2=O)cc1. The summed E-state index contributed by atoms with van der Waals surface area (Å²) in [7, 11) is 0. The minimum absolute atomic E-state index is 0.114. The van der Waals surface area contributed by atoms with Crippen molar-refractivity contribution in [2.24, 2.45) is 0 Å². The Morgan fingerprint density at radius 2 is 1.30 bits per heavy atom. The van der Waals surface area contributed by atoms with E-state index in [1.807, 2.05) is 0 Å². The molecule has 0 aliphatic rings. The van der Waals surface area contributed by atoms with Gasteiger partial charge in [0.25, 0.3) is 0 Å². The highest BCUT2D eigenvalue weighted by molar-refractivity contribution is 5.84. The van der Waals surface area contributed by atoms with Crippen molar-refractivity contribution < 1.29 is 43.3 Å². The summed E-state index contributed by atoms with van der Waals surface area (Å²) < 4.78 is 15.6. The van der Waals surface area contributed by atoms with Crippen LogP contribution in [0.15, 0.2) is 57.9 Å². The number of aliphatic carboxylic acids is 2. The van der Waals surface area contributed by atoms with Gasteiger partial charge >= 0.3 is 23.9 Å². The Bertz CT molecular complexity index is 1270. The molecule has 2 N–H and O–H groups in total. The summed E-state index contributed by atoms with van der Waals surface area (Å²) in [6.45, 7) is 0. The molecule has 0 radical (unpaired) electrons. The first-order valence-corrected chi connectivity index (χ1v) is 9.74. The number of carboxylic acids is 2. The molecule has 10 heteroatoms. The van der Waals surface area contributed by atoms with Gasteiger partial charge in [-0.3, -0.25) is 24.0 Å². The van der Waals surface area contributed by atoms with Crippen molar-refractivity contribution in [3.8, 4) is 22.6 Å². The monoisotopic (exact) mass is 454 g/mol. The molecule has 1 heterocycles. The van der Waals surface area contributed by atoms with Gasteiger partial charge in [0, 0.05) is 6.07 Å². The highest BCUT2D eigenvalue weighted by Crippen LogP contribution is 2.25. The molecule has 33 heavy (non-hydrogen) atoms. The number of carbonyl (C=O) groups is 4. The van der Waals surface area contributed by atoms with Crippen LogP contribution in [0.3, 0.4) is 0 Å². The van der Waals surface area contributed by atoms with Gasteiger partial charge in [-0.05, 0) is 29.8 Å².